The standard InChI is InChI=1S/C16H15N3/c1-11-7-8-13-14(18-11)9-10-15(16(13)17)19-12-5-3-2-4-6-12/h2-10,19H,17H2,1H3. The molecule has 19 heavy (non-hydrogen) atoms. The van der Waals surface area contributed by atoms with Gasteiger partial charge in [-0.05, 0) is 43.3 Å². The van der Waals surface area contributed by atoms with Gasteiger partial charge in [0.25, 0.3) is 0 Å². The maximum absolute atomic E-state index is 6.21. The van der Waals surface area contributed by atoms with Crippen molar-refractivity contribution in [2.75, 3.05) is 11.1 Å². The fourth-order valence-electron chi connectivity index (χ4n) is 2.11. The fraction of sp³-hybridized carbons (Fsp3) is 0.0625. The van der Waals surface area contributed by atoms with Crippen molar-refractivity contribution < 1.29 is 0 Å². The minimum atomic E-state index is 0.730. The van der Waals surface area contributed by atoms with Gasteiger partial charge in [-0.3, -0.25) is 4.98 Å². The molecule has 94 valence electrons. The van der Waals surface area contributed by atoms with E-state index in [9.17, 15) is 0 Å². The van der Waals surface area contributed by atoms with Crippen molar-refractivity contribution in [1.29, 1.82) is 0 Å². The molecule has 3 N–H and O–H groups in total. The summed E-state index contributed by atoms with van der Waals surface area (Å²) in [5, 5.41) is 4.30. The first kappa shape index (κ1) is 11.5. The summed E-state index contributed by atoms with van der Waals surface area (Å²) in [6.45, 7) is 1.98. The lowest BCUT2D eigenvalue weighted by molar-refractivity contribution is 1.26. The van der Waals surface area contributed by atoms with Gasteiger partial charge in [0.1, 0.15) is 0 Å². The van der Waals surface area contributed by atoms with Crippen LogP contribution in [0.5, 0.6) is 0 Å². The molecule has 0 amide bonds. The maximum atomic E-state index is 6.21. The van der Waals surface area contributed by atoms with Gasteiger partial charge in [-0.25, -0.2) is 0 Å². The summed E-state index contributed by atoms with van der Waals surface area (Å²) in [6, 6.07) is 17.9. The number of nitrogens with zero attached hydrogens (tertiary/aromatic N) is 1. The first-order valence-electron chi connectivity index (χ1n) is 6.22. The van der Waals surface area contributed by atoms with Crippen LogP contribution in [-0.4, -0.2) is 4.98 Å². The summed E-state index contributed by atoms with van der Waals surface area (Å²) in [4.78, 5) is 4.48. The van der Waals surface area contributed by atoms with Crippen LogP contribution in [0.1, 0.15) is 5.69 Å². The van der Waals surface area contributed by atoms with Crippen LogP contribution >= 0.6 is 0 Å². The zero-order chi connectivity index (χ0) is 13.2. The van der Waals surface area contributed by atoms with E-state index in [1.165, 1.54) is 0 Å². The van der Waals surface area contributed by atoms with Crippen LogP contribution < -0.4 is 11.1 Å². The number of fused-ring (bicyclic) bond motifs is 1. The number of rotatable bonds is 2. The SMILES string of the molecule is Cc1ccc2c(N)c(Nc3ccccc3)ccc2n1. The topological polar surface area (TPSA) is 50.9 Å². The first-order valence-corrected chi connectivity index (χ1v) is 6.22. The van der Waals surface area contributed by atoms with Gasteiger partial charge in [0.05, 0.1) is 16.9 Å². The Balaban J connectivity index is 2.06. The number of hydrogen-bond donors (Lipinski definition) is 2. The largest absolute Gasteiger partial charge is 0.396 e. The molecule has 1 heterocycles. The fourth-order valence-corrected chi connectivity index (χ4v) is 2.11. The predicted molar refractivity (Wildman–Crippen MR) is 80.6 cm³/mol. The molecule has 0 bridgehead atoms. The number of aromatic nitrogens is 1. The molecular formula is C16H15N3. The third kappa shape index (κ3) is 2.22. The first-order chi connectivity index (χ1) is 9.24. The molecule has 0 atom stereocenters. The molecule has 3 heteroatoms. The second-order valence-corrected chi connectivity index (χ2v) is 4.54. The predicted octanol–water partition coefficient (Wildman–Crippen LogP) is 3.87. The summed E-state index contributed by atoms with van der Waals surface area (Å²) in [7, 11) is 0. The molecule has 3 nitrogen and oxygen atoms in total. The van der Waals surface area contributed by atoms with Gasteiger partial charge >= 0.3 is 0 Å². The number of aryl methyl sites for hydroxylation is 1. The second-order valence-electron chi connectivity index (χ2n) is 4.54. The summed E-state index contributed by atoms with van der Waals surface area (Å²) >= 11 is 0. The van der Waals surface area contributed by atoms with Gasteiger partial charge < -0.3 is 11.1 Å². The summed E-state index contributed by atoms with van der Waals surface area (Å²) in [5.74, 6) is 0. The number of anilines is 3. The molecule has 2 aromatic carbocycles. The van der Waals surface area contributed by atoms with E-state index in [1.807, 2.05) is 61.5 Å². The summed E-state index contributed by atoms with van der Waals surface area (Å²) < 4.78 is 0. The molecule has 3 aromatic rings. The maximum Gasteiger partial charge on any atom is 0.0727 e. The Kier molecular flexibility index (Phi) is 2.80. The molecule has 0 saturated heterocycles. The summed E-state index contributed by atoms with van der Waals surface area (Å²) in [6.07, 6.45) is 0. The molecule has 0 spiro atoms. The van der Waals surface area contributed by atoms with Crippen molar-refractivity contribution in [2.24, 2.45) is 0 Å². The highest BCUT2D eigenvalue weighted by molar-refractivity contribution is 5.97. The van der Waals surface area contributed by atoms with E-state index in [0.29, 0.717) is 0 Å². The number of para-hydroxylation sites is 1. The van der Waals surface area contributed by atoms with Crippen molar-refractivity contribution in [3.8, 4) is 0 Å². The highest BCUT2D eigenvalue weighted by Gasteiger charge is 2.05. The Labute approximate surface area is 112 Å². The van der Waals surface area contributed by atoms with Crippen LogP contribution in [0.3, 0.4) is 0 Å². The quantitative estimate of drug-likeness (QED) is 0.678. The molecule has 0 aliphatic rings. The Bertz CT molecular complexity index is 721. The Hall–Kier alpha value is -2.55. The van der Waals surface area contributed by atoms with Gasteiger partial charge in [-0.2, -0.15) is 0 Å². The number of pyridine rings is 1. The molecule has 0 unspecified atom stereocenters. The molecule has 0 radical (unpaired) electrons. The highest BCUT2D eigenvalue weighted by atomic mass is 14.9. The molecule has 0 aliphatic carbocycles. The molecule has 3 rings (SSSR count). The minimum absolute atomic E-state index is 0.730. The average molecular weight is 249 g/mol. The molecule has 0 fully saturated rings. The molecule has 0 aliphatic heterocycles. The minimum Gasteiger partial charge on any atom is -0.396 e. The average Bonchev–Trinajstić information content (AvgIpc) is 2.43. The van der Waals surface area contributed by atoms with E-state index in [2.05, 4.69) is 10.3 Å². The Morgan fingerprint density at radius 3 is 2.53 bits per heavy atom. The van der Waals surface area contributed by atoms with E-state index in [0.717, 1.165) is 33.7 Å². The zero-order valence-electron chi connectivity index (χ0n) is 10.7. The summed E-state index contributed by atoms with van der Waals surface area (Å²) in [5.41, 5.74) is 10.8. The van der Waals surface area contributed by atoms with Crippen molar-refractivity contribution >= 4 is 28.0 Å². The van der Waals surface area contributed by atoms with Crippen molar-refractivity contribution in [3.05, 3.63) is 60.3 Å². The van der Waals surface area contributed by atoms with Crippen molar-refractivity contribution in [2.45, 2.75) is 6.92 Å². The lowest BCUT2D eigenvalue weighted by atomic mass is 10.1. The van der Waals surface area contributed by atoms with Crippen LogP contribution in [0.25, 0.3) is 10.9 Å². The van der Waals surface area contributed by atoms with Gasteiger partial charge in [0, 0.05) is 16.8 Å². The number of benzene rings is 2. The van der Waals surface area contributed by atoms with Crippen LogP contribution in [0.15, 0.2) is 54.6 Å². The normalized spacial score (nSPS) is 10.6. The monoisotopic (exact) mass is 249 g/mol. The van der Waals surface area contributed by atoms with Gasteiger partial charge in [-0.15, -0.1) is 0 Å². The number of nitrogens with two attached hydrogens (primary N) is 1. The van der Waals surface area contributed by atoms with Crippen LogP contribution in [-0.2, 0) is 0 Å². The van der Waals surface area contributed by atoms with Crippen LogP contribution in [0.2, 0.25) is 0 Å². The smallest absolute Gasteiger partial charge is 0.0727 e. The third-order valence-electron chi connectivity index (χ3n) is 3.10. The highest BCUT2D eigenvalue weighted by Crippen LogP contribution is 2.30. The molecule has 1 aromatic heterocycles. The number of hydrogen-bond acceptors (Lipinski definition) is 3. The van der Waals surface area contributed by atoms with E-state index in [1.54, 1.807) is 0 Å². The zero-order valence-corrected chi connectivity index (χ0v) is 10.7. The number of nitrogen functional groups attached to an aromatic ring is 1. The van der Waals surface area contributed by atoms with Crippen LogP contribution in [0, 0.1) is 6.92 Å². The van der Waals surface area contributed by atoms with E-state index < -0.39 is 0 Å². The Morgan fingerprint density at radius 1 is 0.947 bits per heavy atom. The van der Waals surface area contributed by atoms with Crippen molar-refractivity contribution in [3.63, 3.8) is 0 Å². The van der Waals surface area contributed by atoms with E-state index >= 15 is 0 Å². The van der Waals surface area contributed by atoms with Gasteiger partial charge in [-0.1, -0.05) is 18.2 Å². The second kappa shape index (κ2) is 4.61. The van der Waals surface area contributed by atoms with Gasteiger partial charge in [0.15, 0.2) is 0 Å². The van der Waals surface area contributed by atoms with E-state index in [4.69, 9.17) is 5.73 Å². The van der Waals surface area contributed by atoms with E-state index in [-0.39, 0.29) is 0 Å². The van der Waals surface area contributed by atoms with Crippen molar-refractivity contribution in [1.82, 2.24) is 4.98 Å². The number of nitrogens with one attached hydrogen (secondary N) is 1. The lowest BCUT2D eigenvalue weighted by Crippen LogP contribution is -1.98. The third-order valence-corrected chi connectivity index (χ3v) is 3.10. The lowest BCUT2D eigenvalue weighted by Gasteiger charge is -2.11. The molecule has 0 saturated carbocycles. The Morgan fingerprint density at radius 2 is 1.74 bits per heavy atom. The van der Waals surface area contributed by atoms with Crippen LogP contribution in [0.4, 0.5) is 17.1 Å². The van der Waals surface area contributed by atoms with Gasteiger partial charge in [0.2, 0.25) is 0 Å². The molecular weight excluding hydrogens is 234 g/mol.